The molecule has 0 radical (unpaired) electrons. The Bertz CT molecular complexity index is 785. The van der Waals surface area contributed by atoms with E-state index in [0.717, 1.165) is 5.69 Å². The van der Waals surface area contributed by atoms with Crippen LogP contribution in [0.3, 0.4) is 0 Å². The van der Waals surface area contributed by atoms with Crippen molar-refractivity contribution < 1.29 is 9.59 Å². The number of H-pyrrole nitrogens is 1. The number of carbonyl (C=O) groups is 2. The summed E-state index contributed by atoms with van der Waals surface area (Å²) in [6.07, 6.45) is 0.678. The first kappa shape index (κ1) is 16.7. The van der Waals surface area contributed by atoms with E-state index < -0.39 is 0 Å². The SMILES string of the molecule is O=C(Nc1ccccc1)N1CCCN(C(=O)c2ccc(=O)[nH]n2)CC1. The van der Waals surface area contributed by atoms with Gasteiger partial charge in [0.15, 0.2) is 0 Å². The van der Waals surface area contributed by atoms with E-state index in [-0.39, 0.29) is 23.2 Å². The van der Waals surface area contributed by atoms with E-state index in [1.807, 2.05) is 30.3 Å². The van der Waals surface area contributed by atoms with Crippen LogP contribution in [0.15, 0.2) is 47.3 Å². The van der Waals surface area contributed by atoms with Crippen molar-refractivity contribution in [1.29, 1.82) is 0 Å². The molecular weight excluding hydrogens is 322 g/mol. The molecule has 0 spiro atoms. The van der Waals surface area contributed by atoms with Gasteiger partial charge in [0, 0.05) is 37.9 Å². The summed E-state index contributed by atoms with van der Waals surface area (Å²) in [4.78, 5) is 39.2. The van der Waals surface area contributed by atoms with Crippen molar-refractivity contribution in [2.24, 2.45) is 0 Å². The van der Waals surface area contributed by atoms with Crippen molar-refractivity contribution in [2.75, 3.05) is 31.5 Å². The van der Waals surface area contributed by atoms with Crippen LogP contribution in [0.1, 0.15) is 16.9 Å². The first-order valence-electron chi connectivity index (χ1n) is 8.09. The summed E-state index contributed by atoms with van der Waals surface area (Å²) in [7, 11) is 0. The van der Waals surface area contributed by atoms with Crippen molar-refractivity contribution in [1.82, 2.24) is 20.0 Å². The van der Waals surface area contributed by atoms with E-state index >= 15 is 0 Å². The summed E-state index contributed by atoms with van der Waals surface area (Å²) < 4.78 is 0. The first-order valence-corrected chi connectivity index (χ1v) is 8.09. The van der Waals surface area contributed by atoms with Gasteiger partial charge in [-0.15, -0.1) is 0 Å². The molecule has 2 aromatic rings. The largest absolute Gasteiger partial charge is 0.335 e. The van der Waals surface area contributed by atoms with E-state index in [0.29, 0.717) is 32.6 Å². The van der Waals surface area contributed by atoms with Gasteiger partial charge in [-0.05, 0) is 24.6 Å². The number of anilines is 1. The van der Waals surface area contributed by atoms with Crippen LogP contribution >= 0.6 is 0 Å². The van der Waals surface area contributed by atoms with Crippen LogP contribution < -0.4 is 10.9 Å². The second-order valence-electron chi connectivity index (χ2n) is 5.74. The van der Waals surface area contributed by atoms with Gasteiger partial charge in [0.05, 0.1) is 0 Å². The zero-order valence-electron chi connectivity index (χ0n) is 13.6. The molecule has 3 rings (SSSR count). The maximum atomic E-state index is 12.5. The predicted octanol–water partition coefficient (Wildman–Crippen LogP) is 1.15. The molecular formula is C17H19N5O3. The Morgan fingerprint density at radius 3 is 2.40 bits per heavy atom. The number of nitrogens with one attached hydrogen (secondary N) is 2. The number of nitrogens with zero attached hydrogens (tertiary/aromatic N) is 3. The molecule has 1 fully saturated rings. The van der Waals surface area contributed by atoms with Gasteiger partial charge in [0.25, 0.3) is 11.5 Å². The Balaban J connectivity index is 1.60. The predicted molar refractivity (Wildman–Crippen MR) is 92.4 cm³/mol. The summed E-state index contributed by atoms with van der Waals surface area (Å²) in [6, 6.07) is 11.8. The molecule has 0 aliphatic carbocycles. The van der Waals surface area contributed by atoms with Crippen LogP contribution in [-0.2, 0) is 0 Å². The Hall–Kier alpha value is -3.16. The second kappa shape index (κ2) is 7.61. The highest BCUT2D eigenvalue weighted by atomic mass is 16.2. The van der Waals surface area contributed by atoms with Crippen molar-refractivity contribution in [3.05, 3.63) is 58.5 Å². The van der Waals surface area contributed by atoms with Gasteiger partial charge in [0.1, 0.15) is 5.69 Å². The maximum absolute atomic E-state index is 12.5. The molecule has 2 heterocycles. The third-order valence-corrected chi connectivity index (χ3v) is 3.99. The van der Waals surface area contributed by atoms with Gasteiger partial charge >= 0.3 is 6.03 Å². The number of rotatable bonds is 2. The number of para-hydroxylation sites is 1. The van der Waals surface area contributed by atoms with Gasteiger partial charge < -0.3 is 15.1 Å². The lowest BCUT2D eigenvalue weighted by Crippen LogP contribution is -2.39. The number of urea groups is 1. The fourth-order valence-corrected chi connectivity index (χ4v) is 2.67. The van der Waals surface area contributed by atoms with Crippen molar-refractivity contribution in [3.8, 4) is 0 Å². The average molecular weight is 341 g/mol. The van der Waals surface area contributed by atoms with E-state index in [1.54, 1.807) is 9.80 Å². The molecule has 1 saturated heterocycles. The number of benzene rings is 1. The van der Waals surface area contributed by atoms with E-state index in [4.69, 9.17) is 0 Å². The van der Waals surface area contributed by atoms with Crippen LogP contribution in [-0.4, -0.2) is 58.1 Å². The van der Waals surface area contributed by atoms with Crippen LogP contribution in [0, 0.1) is 0 Å². The smallest absolute Gasteiger partial charge is 0.321 e. The first-order chi connectivity index (χ1) is 12.1. The van der Waals surface area contributed by atoms with E-state index in [2.05, 4.69) is 15.5 Å². The monoisotopic (exact) mass is 341 g/mol. The molecule has 8 nitrogen and oxygen atoms in total. The normalized spacial score (nSPS) is 14.7. The Kier molecular flexibility index (Phi) is 5.08. The maximum Gasteiger partial charge on any atom is 0.321 e. The standard InChI is InChI=1S/C17H19N5O3/c23-15-8-7-14(19-20-15)16(24)21-9-4-10-22(12-11-21)17(25)18-13-5-2-1-3-6-13/h1-3,5-8H,4,9-12H2,(H,18,25)(H,20,23). The van der Waals surface area contributed by atoms with Crippen LogP contribution in [0.25, 0.3) is 0 Å². The third-order valence-electron chi connectivity index (χ3n) is 3.99. The lowest BCUT2D eigenvalue weighted by atomic mass is 10.3. The summed E-state index contributed by atoms with van der Waals surface area (Å²) >= 11 is 0. The molecule has 25 heavy (non-hydrogen) atoms. The molecule has 1 aromatic heterocycles. The number of hydrogen-bond donors (Lipinski definition) is 2. The summed E-state index contributed by atoms with van der Waals surface area (Å²) in [5.74, 6) is -0.249. The van der Waals surface area contributed by atoms with Gasteiger partial charge in [-0.25, -0.2) is 9.89 Å². The Labute approximate surface area is 144 Å². The third kappa shape index (κ3) is 4.23. The molecule has 8 heteroatoms. The number of aromatic amines is 1. The quantitative estimate of drug-likeness (QED) is 0.856. The Morgan fingerprint density at radius 2 is 1.68 bits per heavy atom. The van der Waals surface area contributed by atoms with Crippen LogP contribution in [0.4, 0.5) is 10.5 Å². The molecule has 1 aliphatic rings. The van der Waals surface area contributed by atoms with Crippen molar-refractivity contribution in [2.45, 2.75) is 6.42 Å². The lowest BCUT2D eigenvalue weighted by Gasteiger charge is -2.22. The zero-order chi connectivity index (χ0) is 17.6. The summed E-state index contributed by atoms with van der Waals surface area (Å²) in [5, 5.41) is 8.89. The molecule has 0 bridgehead atoms. The highest BCUT2D eigenvalue weighted by molar-refractivity contribution is 5.92. The van der Waals surface area contributed by atoms with Crippen LogP contribution in [0.2, 0.25) is 0 Å². The molecule has 1 aliphatic heterocycles. The number of aromatic nitrogens is 2. The highest BCUT2D eigenvalue weighted by Crippen LogP contribution is 2.10. The fraction of sp³-hybridized carbons (Fsp3) is 0.294. The van der Waals surface area contributed by atoms with E-state index in [1.165, 1.54) is 12.1 Å². The number of carbonyl (C=O) groups excluding carboxylic acids is 2. The van der Waals surface area contributed by atoms with E-state index in [9.17, 15) is 14.4 Å². The average Bonchev–Trinajstić information content (AvgIpc) is 2.89. The van der Waals surface area contributed by atoms with Gasteiger partial charge in [-0.2, -0.15) is 5.10 Å². The number of amides is 3. The van der Waals surface area contributed by atoms with Crippen molar-refractivity contribution >= 4 is 17.6 Å². The summed E-state index contributed by atoms with van der Waals surface area (Å²) in [5.41, 5.74) is 0.583. The van der Waals surface area contributed by atoms with Gasteiger partial charge in [-0.3, -0.25) is 9.59 Å². The minimum atomic E-state index is -0.351. The van der Waals surface area contributed by atoms with Crippen molar-refractivity contribution in [3.63, 3.8) is 0 Å². The molecule has 0 saturated carbocycles. The molecule has 1 aromatic carbocycles. The zero-order valence-corrected chi connectivity index (χ0v) is 13.6. The highest BCUT2D eigenvalue weighted by Gasteiger charge is 2.23. The minimum Gasteiger partial charge on any atom is -0.335 e. The molecule has 0 atom stereocenters. The molecule has 2 N–H and O–H groups in total. The molecule has 130 valence electrons. The number of hydrogen-bond acceptors (Lipinski definition) is 4. The van der Waals surface area contributed by atoms with Gasteiger partial charge in [-0.1, -0.05) is 18.2 Å². The molecule has 3 amide bonds. The molecule has 0 unspecified atom stereocenters. The lowest BCUT2D eigenvalue weighted by molar-refractivity contribution is 0.0755. The fourth-order valence-electron chi connectivity index (χ4n) is 2.67. The Morgan fingerprint density at radius 1 is 0.960 bits per heavy atom. The second-order valence-corrected chi connectivity index (χ2v) is 5.74. The van der Waals surface area contributed by atoms with Gasteiger partial charge in [0.2, 0.25) is 0 Å². The topological polar surface area (TPSA) is 98.4 Å². The van der Waals surface area contributed by atoms with Crippen LogP contribution in [0.5, 0.6) is 0 Å². The summed E-state index contributed by atoms with van der Waals surface area (Å²) in [6.45, 7) is 1.96. The minimum absolute atomic E-state index is 0.178.